The number of aromatic nitrogens is 1. The number of nitrogens with zero attached hydrogens (tertiary/aromatic N) is 1. The smallest absolute Gasteiger partial charge is 0.255 e. The Kier molecular flexibility index (Phi) is 5.49. The molecule has 1 aromatic carbocycles. The number of halogens is 1. The lowest BCUT2D eigenvalue weighted by Crippen LogP contribution is -2.42. The van der Waals surface area contributed by atoms with Crippen molar-refractivity contribution in [3.8, 4) is 0 Å². The molecule has 1 atom stereocenters. The van der Waals surface area contributed by atoms with Gasteiger partial charge in [-0.3, -0.25) is 9.59 Å². The van der Waals surface area contributed by atoms with Gasteiger partial charge in [0.2, 0.25) is 5.56 Å². The van der Waals surface area contributed by atoms with Gasteiger partial charge in [-0.05, 0) is 36.1 Å². The highest BCUT2D eigenvalue weighted by atomic mass is 32.1. The van der Waals surface area contributed by atoms with E-state index in [1.54, 1.807) is 4.90 Å². The van der Waals surface area contributed by atoms with Gasteiger partial charge >= 0.3 is 0 Å². The minimum atomic E-state index is -0.488. The molecule has 136 valence electrons. The monoisotopic (exact) mass is 374 g/mol. The maximum atomic E-state index is 13.7. The predicted octanol–water partition coefficient (Wildman–Crippen LogP) is 3.14. The summed E-state index contributed by atoms with van der Waals surface area (Å²) >= 11 is 1.51. The Hall–Kier alpha value is -2.51. The summed E-state index contributed by atoms with van der Waals surface area (Å²) in [6.45, 7) is 2.01. The fraction of sp³-hybridized carbons (Fsp3) is 0.263. The number of carbonyl (C=O) groups is 1. The summed E-state index contributed by atoms with van der Waals surface area (Å²) in [4.78, 5) is 30.4. The molecule has 3 rings (SSSR count). The molecular weight excluding hydrogens is 355 g/mol. The van der Waals surface area contributed by atoms with Crippen molar-refractivity contribution in [2.45, 2.75) is 25.9 Å². The van der Waals surface area contributed by atoms with Crippen molar-refractivity contribution in [1.29, 1.82) is 0 Å². The number of amides is 1. The van der Waals surface area contributed by atoms with Gasteiger partial charge in [0.25, 0.3) is 5.91 Å². The van der Waals surface area contributed by atoms with E-state index in [9.17, 15) is 19.1 Å². The Balaban J connectivity index is 2.10. The molecule has 0 aliphatic rings. The Morgan fingerprint density at radius 3 is 2.81 bits per heavy atom. The van der Waals surface area contributed by atoms with Crippen molar-refractivity contribution in [3.63, 3.8) is 0 Å². The molecule has 5 nitrogen and oxygen atoms in total. The van der Waals surface area contributed by atoms with E-state index in [0.29, 0.717) is 23.9 Å². The number of benzene rings is 1. The Labute approximate surface area is 153 Å². The first-order chi connectivity index (χ1) is 12.5. The van der Waals surface area contributed by atoms with Crippen molar-refractivity contribution in [3.05, 3.63) is 68.4 Å². The summed E-state index contributed by atoms with van der Waals surface area (Å²) in [6, 6.07) is 8.50. The lowest BCUT2D eigenvalue weighted by Gasteiger charge is -2.30. The molecule has 3 aromatic rings. The van der Waals surface area contributed by atoms with Gasteiger partial charge < -0.3 is 15.0 Å². The fourth-order valence-electron chi connectivity index (χ4n) is 2.94. The zero-order chi connectivity index (χ0) is 18.7. The number of H-pyrrole nitrogens is 1. The number of aliphatic hydroxyl groups excluding tert-OH is 1. The van der Waals surface area contributed by atoms with E-state index in [2.05, 4.69) is 4.98 Å². The molecule has 2 aromatic heterocycles. The van der Waals surface area contributed by atoms with Gasteiger partial charge in [0.1, 0.15) is 5.82 Å². The summed E-state index contributed by atoms with van der Waals surface area (Å²) in [5.74, 6) is -0.890. The lowest BCUT2D eigenvalue weighted by molar-refractivity contribution is 0.0568. The average molecular weight is 374 g/mol. The molecule has 0 unspecified atom stereocenters. The molecule has 2 heterocycles. The molecule has 0 spiro atoms. The predicted molar refractivity (Wildman–Crippen MR) is 99.9 cm³/mol. The van der Waals surface area contributed by atoms with Gasteiger partial charge in [-0.1, -0.05) is 13.0 Å². The van der Waals surface area contributed by atoms with E-state index in [4.69, 9.17) is 0 Å². The van der Waals surface area contributed by atoms with E-state index >= 15 is 0 Å². The zero-order valence-corrected chi connectivity index (χ0v) is 15.1. The van der Waals surface area contributed by atoms with Crippen molar-refractivity contribution < 1.29 is 14.3 Å². The van der Waals surface area contributed by atoms with E-state index in [0.717, 1.165) is 4.88 Å². The number of hydrogen-bond donors (Lipinski definition) is 2. The Bertz CT molecular complexity index is 965. The normalized spacial score (nSPS) is 12.3. The molecule has 0 aliphatic carbocycles. The number of rotatable bonds is 6. The number of thiophene rings is 1. The van der Waals surface area contributed by atoms with Gasteiger partial charge in [0, 0.05) is 21.8 Å². The molecule has 1 amide bonds. The molecule has 0 fully saturated rings. The summed E-state index contributed by atoms with van der Waals surface area (Å²) in [5.41, 5.74) is 0.0997. The van der Waals surface area contributed by atoms with Crippen LogP contribution >= 0.6 is 11.3 Å². The first-order valence-corrected chi connectivity index (χ1v) is 9.18. The van der Waals surface area contributed by atoms with Crippen molar-refractivity contribution in [2.24, 2.45) is 0 Å². The molecule has 0 radical (unpaired) electrons. The molecule has 0 saturated heterocycles. The van der Waals surface area contributed by atoms with Crippen LogP contribution in [0.25, 0.3) is 10.9 Å². The topological polar surface area (TPSA) is 73.4 Å². The van der Waals surface area contributed by atoms with Gasteiger partial charge in [-0.25, -0.2) is 4.39 Å². The average Bonchev–Trinajstić information content (AvgIpc) is 3.14. The van der Waals surface area contributed by atoms with E-state index in [1.165, 1.54) is 35.6 Å². The standard InChI is InChI=1S/C19H19FN2O3S/c1-2-13(11-23)22(10-14-4-3-7-26-14)19(25)16-9-18(24)21-17-6-5-12(20)8-15(16)17/h3-9,13,23H,2,10-11H2,1H3,(H,21,24)/t13-/m0/s1. The second-order valence-electron chi connectivity index (χ2n) is 5.99. The Morgan fingerprint density at radius 1 is 1.35 bits per heavy atom. The largest absolute Gasteiger partial charge is 0.394 e. The lowest BCUT2D eigenvalue weighted by atomic mass is 10.1. The minimum absolute atomic E-state index is 0.131. The third-order valence-electron chi connectivity index (χ3n) is 4.33. The van der Waals surface area contributed by atoms with Gasteiger partial charge in [0.15, 0.2) is 0 Å². The number of pyridine rings is 1. The van der Waals surface area contributed by atoms with Crippen LogP contribution in [-0.4, -0.2) is 33.5 Å². The van der Waals surface area contributed by atoms with Crippen molar-refractivity contribution in [2.75, 3.05) is 6.61 Å². The second kappa shape index (κ2) is 7.80. The highest BCUT2D eigenvalue weighted by Crippen LogP contribution is 2.22. The van der Waals surface area contributed by atoms with Crippen LogP contribution in [0.3, 0.4) is 0 Å². The number of nitrogens with one attached hydrogen (secondary N) is 1. The third kappa shape index (κ3) is 3.68. The molecule has 2 N–H and O–H groups in total. The number of carbonyl (C=O) groups excluding carboxylic acids is 1. The molecule has 7 heteroatoms. The van der Waals surface area contributed by atoms with Crippen LogP contribution in [0.15, 0.2) is 46.6 Å². The van der Waals surface area contributed by atoms with Crippen molar-refractivity contribution in [1.82, 2.24) is 9.88 Å². The van der Waals surface area contributed by atoms with E-state index in [-0.39, 0.29) is 12.2 Å². The molecule has 0 aliphatic heterocycles. The van der Waals surface area contributed by atoms with Crippen LogP contribution in [-0.2, 0) is 6.54 Å². The maximum Gasteiger partial charge on any atom is 0.255 e. The van der Waals surface area contributed by atoms with Crippen LogP contribution in [0.1, 0.15) is 28.6 Å². The van der Waals surface area contributed by atoms with Crippen LogP contribution in [0.2, 0.25) is 0 Å². The summed E-state index contributed by atoms with van der Waals surface area (Å²) in [5, 5.41) is 12.0. The third-order valence-corrected chi connectivity index (χ3v) is 5.19. The van der Waals surface area contributed by atoms with Gasteiger partial charge in [-0.15, -0.1) is 11.3 Å². The molecule has 26 heavy (non-hydrogen) atoms. The van der Waals surface area contributed by atoms with Gasteiger partial charge in [0.05, 0.1) is 24.8 Å². The highest BCUT2D eigenvalue weighted by Gasteiger charge is 2.25. The van der Waals surface area contributed by atoms with Crippen LogP contribution in [0.5, 0.6) is 0 Å². The zero-order valence-electron chi connectivity index (χ0n) is 14.2. The number of fused-ring (bicyclic) bond motifs is 1. The summed E-state index contributed by atoms with van der Waals surface area (Å²) in [7, 11) is 0. The first-order valence-electron chi connectivity index (χ1n) is 8.30. The number of aromatic amines is 1. The van der Waals surface area contributed by atoms with E-state index < -0.39 is 23.3 Å². The van der Waals surface area contributed by atoms with Gasteiger partial charge in [-0.2, -0.15) is 0 Å². The van der Waals surface area contributed by atoms with Crippen LogP contribution in [0, 0.1) is 5.82 Å². The number of aliphatic hydroxyl groups is 1. The molecule has 0 bridgehead atoms. The van der Waals surface area contributed by atoms with E-state index in [1.807, 2.05) is 24.4 Å². The van der Waals surface area contributed by atoms with Crippen LogP contribution < -0.4 is 5.56 Å². The second-order valence-corrected chi connectivity index (χ2v) is 7.03. The SMILES string of the molecule is CC[C@@H](CO)N(Cc1cccs1)C(=O)c1cc(=O)[nH]c2ccc(F)cc12. The van der Waals surface area contributed by atoms with Crippen molar-refractivity contribution >= 4 is 28.1 Å². The first kappa shape index (κ1) is 18.3. The van der Waals surface area contributed by atoms with Crippen LogP contribution in [0.4, 0.5) is 4.39 Å². The molecular formula is C19H19FN2O3S. The molecule has 0 saturated carbocycles. The minimum Gasteiger partial charge on any atom is -0.394 e. The fourth-order valence-corrected chi connectivity index (χ4v) is 3.65. The number of hydrogen-bond acceptors (Lipinski definition) is 4. The Morgan fingerprint density at radius 2 is 2.15 bits per heavy atom. The quantitative estimate of drug-likeness (QED) is 0.696. The maximum absolute atomic E-state index is 13.7. The summed E-state index contributed by atoms with van der Waals surface area (Å²) in [6.07, 6.45) is 0.559. The highest BCUT2D eigenvalue weighted by molar-refractivity contribution is 7.09. The summed E-state index contributed by atoms with van der Waals surface area (Å²) < 4.78 is 13.7.